The van der Waals surface area contributed by atoms with Gasteiger partial charge in [0.25, 0.3) is 0 Å². The lowest BCUT2D eigenvalue weighted by molar-refractivity contribution is -0.136. The predicted octanol–water partition coefficient (Wildman–Crippen LogP) is 4.13. The van der Waals surface area contributed by atoms with Gasteiger partial charge in [-0.15, -0.1) is 0 Å². The molecule has 6 nitrogen and oxygen atoms in total. The molecule has 0 spiro atoms. The fourth-order valence-electron chi connectivity index (χ4n) is 1.99. The molecule has 0 heterocycles. The number of halogens is 3. The van der Waals surface area contributed by atoms with Gasteiger partial charge in [0.05, 0.1) is 23.5 Å². The molecule has 0 aliphatic heterocycles. The van der Waals surface area contributed by atoms with Crippen molar-refractivity contribution in [2.24, 2.45) is 5.10 Å². The van der Waals surface area contributed by atoms with Crippen LogP contribution in [-0.2, 0) is 9.59 Å². The molecule has 2 rings (SSSR count). The average Bonchev–Trinajstić information content (AvgIpc) is 2.59. The van der Waals surface area contributed by atoms with Gasteiger partial charge in [0.15, 0.2) is 0 Å². The molecule has 136 valence electrons. The van der Waals surface area contributed by atoms with E-state index in [1.807, 2.05) is 0 Å². The van der Waals surface area contributed by atoms with Crippen LogP contribution in [0.1, 0.15) is 12.5 Å². The molecule has 26 heavy (non-hydrogen) atoms. The third-order valence-corrected chi connectivity index (χ3v) is 4.04. The van der Waals surface area contributed by atoms with Crippen LogP contribution < -0.4 is 15.5 Å². The second-order valence-corrected chi connectivity index (χ2v) is 6.34. The molecule has 0 bridgehead atoms. The van der Waals surface area contributed by atoms with Crippen molar-refractivity contribution in [3.8, 4) is 5.75 Å². The number of hydrazone groups is 1. The fraction of sp³-hybridized carbons (Fsp3) is 0.118. The van der Waals surface area contributed by atoms with Crippen molar-refractivity contribution >= 4 is 58.0 Å². The summed E-state index contributed by atoms with van der Waals surface area (Å²) in [6.07, 6.45) is 0. The normalized spacial score (nSPS) is 11.0. The summed E-state index contributed by atoms with van der Waals surface area (Å²) in [6.45, 7) is 1.63. The number of nitrogens with zero attached hydrogens (tertiary/aromatic N) is 1. The molecule has 2 N–H and O–H groups in total. The maximum atomic E-state index is 12.0. The first-order chi connectivity index (χ1) is 12.3. The summed E-state index contributed by atoms with van der Waals surface area (Å²) in [6, 6.07) is 9.49. The summed E-state index contributed by atoms with van der Waals surface area (Å²) in [4.78, 5) is 24.0. The summed E-state index contributed by atoms with van der Waals surface area (Å²) in [5.74, 6) is -1.52. The second kappa shape index (κ2) is 8.89. The van der Waals surface area contributed by atoms with Crippen LogP contribution >= 0.6 is 34.8 Å². The minimum absolute atomic E-state index is 0.265. The monoisotopic (exact) mass is 413 g/mol. The highest BCUT2D eigenvalue weighted by molar-refractivity contribution is 6.40. The zero-order valence-corrected chi connectivity index (χ0v) is 16.0. The summed E-state index contributed by atoms with van der Waals surface area (Å²) >= 11 is 17.8. The van der Waals surface area contributed by atoms with Crippen LogP contribution in [0, 0.1) is 0 Å². The van der Waals surface area contributed by atoms with Gasteiger partial charge < -0.3 is 10.1 Å². The number of carbonyl (C=O) groups is 2. The molecule has 0 aliphatic carbocycles. The summed E-state index contributed by atoms with van der Waals surface area (Å²) in [5.41, 5.74) is 3.42. The average molecular weight is 415 g/mol. The number of benzene rings is 2. The van der Waals surface area contributed by atoms with Gasteiger partial charge in [0.2, 0.25) is 0 Å². The lowest BCUT2D eigenvalue weighted by Crippen LogP contribution is -2.33. The third kappa shape index (κ3) is 5.11. The van der Waals surface area contributed by atoms with Gasteiger partial charge in [-0.2, -0.15) is 5.10 Å². The van der Waals surface area contributed by atoms with Crippen LogP contribution in [0.2, 0.25) is 15.1 Å². The van der Waals surface area contributed by atoms with Crippen LogP contribution in [0.4, 0.5) is 5.69 Å². The molecular weight excluding hydrogens is 401 g/mol. The van der Waals surface area contributed by atoms with Gasteiger partial charge in [-0.3, -0.25) is 9.59 Å². The van der Waals surface area contributed by atoms with E-state index in [0.29, 0.717) is 32.1 Å². The number of anilines is 1. The quantitative estimate of drug-likeness (QED) is 0.448. The van der Waals surface area contributed by atoms with Crippen molar-refractivity contribution in [2.45, 2.75) is 6.92 Å². The highest BCUT2D eigenvalue weighted by Crippen LogP contribution is 2.27. The summed E-state index contributed by atoms with van der Waals surface area (Å²) in [7, 11) is 1.43. The molecule has 0 saturated heterocycles. The van der Waals surface area contributed by atoms with E-state index in [4.69, 9.17) is 39.5 Å². The van der Waals surface area contributed by atoms with E-state index < -0.39 is 11.8 Å². The maximum absolute atomic E-state index is 12.0. The van der Waals surface area contributed by atoms with Crippen molar-refractivity contribution in [2.75, 3.05) is 12.4 Å². The zero-order chi connectivity index (χ0) is 19.3. The third-order valence-electron chi connectivity index (χ3n) is 3.26. The van der Waals surface area contributed by atoms with E-state index in [1.165, 1.54) is 13.2 Å². The van der Waals surface area contributed by atoms with E-state index in [2.05, 4.69) is 15.8 Å². The fourth-order valence-corrected chi connectivity index (χ4v) is 2.70. The molecule has 2 amide bonds. The van der Waals surface area contributed by atoms with Crippen molar-refractivity contribution in [1.29, 1.82) is 0 Å². The van der Waals surface area contributed by atoms with Crippen LogP contribution in [0.3, 0.4) is 0 Å². The van der Waals surface area contributed by atoms with E-state index in [9.17, 15) is 9.59 Å². The van der Waals surface area contributed by atoms with Crippen LogP contribution in [-0.4, -0.2) is 24.6 Å². The molecule has 2 aromatic carbocycles. The first-order valence-electron chi connectivity index (χ1n) is 7.26. The van der Waals surface area contributed by atoms with Gasteiger partial charge in [0.1, 0.15) is 5.75 Å². The maximum Gasteiger partial charge on any atom is 0.329 e. The molecule has 0 unspecified atom stereocenters. The van der Waals surface area contributed by atoms with Crippen molar-refractivity contribution in [3.05, 3.63) is 57.0 Å². The first-order valence-corrected chi connectivity index (χ1v) is 8.39. The Hall–Kier alpha value is -2.28. The van der Waals surface area contributed by atoms with Gasteiger partial charge in [-0.05, 0) is 37.3 Å². The first kappa shape index (κ1) is 20.0. The van der Waals surface area contributed by atoms with Gasteiger partial charge in [-0.1, -0.05) is 40.9 Å². The van der Waals surface area contributed by atoms with E-state index in [0.717, 1.165) is 0 Å². The Morgan fingerprint density at radius 3 is 2.31 bits per heavy atom. The number of nitrogens with one attached hydrogen (secondary N) is 2. The molecule has 0 aliphatic rings. The molecule has 9 heteroatoms. The summed E-state index contributed by atoms with van der Waals surface area (Å²) < 4.78 is 5.10. The lowest BCUT2D eigenvalue weighted by Gasteiger charge is -2.10. The molecule has 0 saturated carbocycles. The van der Waals surface area contributed by atoms with Crippen LogP contribution in [0.15, 0.2) is 41.5 Å². The van der Waals surface area contributed by atoms with Gasteiger partial charge in [-0.25, -0.2) is 5.43 Å². The van der Waals surface area contributed by atoms with Crippen LogP contribution in [0.5, 0.6) is 5.75 Å². The number of amides is 2. The SMILES string of the molecule is COc1ccc(Cl)cc1NC(=O)C(=O)NN=C(C)c1ccc(Cl)cc1Cl. The number of carbonyl (C=O) groups excluding carboxylic acids is 2. The number of ether oxygens (including phenoxy) is 1. The Labute approximate surface area is 165 Å². The number of hydrogen-bond acceptors (Lipinski definition) is 4. The van der Waals surface area contributed by atoms with Crippen molar-refractivity contribution < 1.29 is 14.3 Å². The largest absolute Gasteiger partial charge is 0.495 e. The van der Waals surface area contributed by atoms with E-state index >= 15 is 0 Å². The van der Waals surface area contributed by atoms with Crippen molar-refractivity contribution in [3.63, 3.8) is 0 Å². The minimum Gasteiger partial charge on any atom is -0.495 e. The minimum atomic E-state index is -0.962. The Bertz CT molecular complexity index is 885. The molecule has 0 atom stereocenters. The topological polar surface area (TPSA) is 79.8 Å². The molecule has 0 fully saturated rings. The van der Waals surface area contributed by atoms with Crippen molar-refractivity contribution in [1.82, 2.24) is 5.43 Å². The Morgan fingerprint density at radius 2 is 1.65 bits per heavy atom. The van der Waals surface area contributed by atoms with Crippen LogP contribution in [0.25, 0.3) is 0 Å². The second-order valence-electron chi connectivity index (χ2n) is 5.06. The Balaban J connectivity index is 2.07. The standard InChI is InChI=1S/C17H14Cl3N3O3/c1-9(12-5-3-10(18)7-13(12)20)22-23-17(25)16(24)21-14-8-11(19)4-6-15(14)26-2/h3-8H,1-2H3,(H,21,24)(H,23,25). The number of hydrogen-bond donors (Lipinski definition) is 2. The van der Waals surface area contributed by atoms with E-state index in [1.54, 1.807) is 37.3 Å². The molecule has 2 aromatic rings. The smallest absolute Gasteiger partial charge is 0.329 e. The highest BCUT2D eigenvalue weighted by Gasteiger charge is 2.16. The van der Waals surface area contributed by atoms with Gasteiger partial charge in [0, 0.05) is 15.6 Å². The predicted molar refractivity (Wildman–Crippen MR) is 103 cm³/mol. The summed E-state index contributed by atoms with van der Waals surface area (Å²) in [5, 5.41) is 7.53. The molecule has 0 aromatic heterocycles. The number of methoxy groups -OCH3 is 1. The molecular formula is C17H14Cl3N3O3. The zero-order valence-electron chi connectivity index (χ0n) is 13.8. The number of rotatable bonds is 4. The lowest BCUT2D eigenvalue weighted by atomic mass is 10.1. The Kier molecular flexibility index (Phi) is 6.85. The Morgan fingerprint density at radius 1 is 1.00 bits per heavy atom. The van der Waals surface area contributed by atoms with E-state index in [-0.39, 0.29) is 5.69 Å². The van der Waals surface area contributed by atoms with Gasteiger partial charge >= 0.3 is 11.8 Å². The molecule has 0 radical (unpaired) electrons. The highest BCUT2D eigenvalue weighted by atomic mass is 35.5.